The minimum Gasteiger partial charge on any atom is -0.379 e. The Morgan fingerprint density at radius 2 is 2.00 bits per heavy atom. The third kappa shape index (κ3) is 4.29. The van der Waals surface area contributed by atoms with Crippen molar-refractivity contribution in [2.45, 2.75) is 32.4 Å². The maximum atomic E-state index is 12.5. The third-order valence-corrected chi connectivity index (χ3v) is 4.01. The van der Waals surface area contributed by atoms with Gasteiger partial charge in [0, 0.05) is 6.04 Å². The highest BCUT2D eigenvalue weighted by atomic mass is 16.5. The zero-order valence-corrected chi connectivity index (χ0v) is 13.1. The lowest BCUT2D eigenvalue weighted by Gasteiger charge is -2.24. The van der Waals surface area contributed by atoms with Crippen LogP contribution in [-0.2, 0) is 9.53 Å². The second-order valence-corrected chi connectivity index (χ2v) is 6.14. The summed E-state index contributed by atoms with van der Waals surface area (Å²) >= 11 is 0. The predicted octanol–water partition coefficient (Wildman–Crippen LogP) is 2.12. The molecule has 1 fully saturated rings. The molecule has 4 nitrogen and oxygen atoms in total. The summed E-state index contributed by atoms with van der Waals surface area (Å²) in [7, 11) is 1.88. The molecule has 2 rings (SSSR count). The Morgan fingerprint density at radius 3 is 2.62 bits per heavy atom. The topological polar surface area (TPSA) is 50.4 Å². The van der Waals surface area contributed by atoms with Gasteiger partial charge >= 0.3 is 0 Å². The fourth-order valence-corrected chi connectivity index (χ4v) is 2.81. The van der Waals surface area contributed by atoms with Crippen molar-refractivity contribution in [3.63, 3.8) is 0 Å². The van der Waals surface area contributed by atoms with E-state index in [-0.39, 0.29) is 23.9 Å². The molecule has 1 heterocycles. The van der Waals surface area contributed by atoms with Crippen molar-refractivity contribution < 1.29 is 9.53 Å². The van der Waals surface area contributed by atoms with Crippen LogP contribution in [0.4, 0.5) is 0 Å². The van der Waals surface area contributed by atoms with Crippen LogP contribution < -0.4 is 10.6 Å². The van der Waals surface area contributed by atoms with Crippen LogP contribution in [0.15, 0.2) is 30.3 Å². The highest BCUT2D eigenvalue weighted by molar-refractivity contribution is 5.80. The first kappa shape index (κ1) is 16.0. The van der Waals surface area contributed by atoms with E-state index in [0.717, 1.165) is 6.42 Å². The van der Waals surface area contributed by atoms with Gasteiger partial charge in [0.2, 0.25) is 5.91 Å². The molecule has 0 bridgehead atoms. The van der Waals surface area contributed by atoms with Gasteiger partial charge in [0.1, 0.15) is 0 Å². The Kier molecular flexibility index (Phi) is 5.76. The minimum absolute atomic E-state index is 0.0665. The highest BCUT2D eigenvalue weighted by Crippen LogP contribution is 2.23. The molecule has 3 unspecified atom stereocenters. The van der Waals surface area contributed by atoms with Crippen LogP contribution >= 0.6 is 0 Å². The first-order valence-electron chi connectivity index (χ1n) is 7.72. The number of rotatable bonds is 6. The van der Waals surface area contributed by atoms with Crippen molar-refractivity contribution in [1.29, 1.82) is 0 Å². The summed E-state index contributed by atoms with van der Waals surface area (Å²) in [5.41, 5.74) is 1.17. The SMILES string of the molecule is CNC1COCC1C(=O)NC(CC(C)C)c1ccccc1. The second-order valence-electron chi connectivity index (χ2n) is 6.14. The van der Waals surface area contributed by atoms with Crippen LogP contribution in [-0.4, -0.2) is 32.2 Å². The van der Waals surface area contributed by atoms with Crippen molar-refractivity contribution in [3.8, 4) is 0 Å². The van der Waals surface area contributed by atoms with Gasteiger partial charge in [0.25, 0.3) is 0 Å². The summed E-state index contributed by atoms with van der Waals surface area (Å²) in [6, 6.07) is 10.4. The summed E-state index contributed by atoms with van der Waals surface area (Å²) in [4.78, 5) is 12.5. The summed E-state index contributed by atoms with van der Waals surface area (Å²) in [6.45, 7) is 5.46. The molecule has 1 aromatic rings. The molecule has 3 atom stereocenters. The van der Waals surface area contributed by atoms with E-state index in [9.17, 15) is 4.79 Å². The first-order valence-corrected chi connectivity index (χ1v) is 7.72. The zero-order chi connectivity index (χ0) is 15.2. The van der Waals surface area contributed by atoms with Crippen LogP contribution in [0.25, 0.3) is 0 Å². The molecule has 1 saturated heterocycles. The summed E-state index contributed by atoms with van der Waals surface area (Å²) in [6.07, 6.45) is 0.938. The van der Waals surface area contributed by atoms with Crippen LogP contribution in [0.1, 0.15) is 31.9 Å². The number of nitrogens with one attached hydrogen (secondary N) is 2. The summed E-state index contributed by atoms with van der Waals surface area (Å²) in [5, 5.41) is 6.37. The number of likely N-dealkylation sites (N-methyl/N-ethyl adjacent to an activating group) is 1. The molecule has 0 saturated carbocycles. The van der Waals surface area contributed by atoms with Gasteiger partial charge in [-0.05, 0) is 24.9 Å². The smallest absolute Gasteiger partial charge is 0.227 e. The Balaban J connectivity index is 2.06. The number of ether oxygens (including phenoxy) is 1. The van der Waals surface area contributed by atoms with Crippen molar-refractivity contribution in [3.05, 3.63) is 35.9 Å². The lowest BCUT2D eigenvalue weighted by molar-refractivity contribution is -0.126. The molecular formula is C17H26N2O2. The lowest BCUT2D eigenvalue weighted by Crippen LogP contribution is -2.43. The third-order valence-electron chi connectivity index (χ3n) is 4.01. The van der Waals surface area contributed by atoms with Crippen LogP contribution in [0.5, 0.6) is 0 Å². The normalized spacial score (nSPS) is 23.2. The van der Waals surface area contributed by atoms with Gasteiger partial charge in [-0.15, -0.1) is 0 Å². The van der Waals surface area contributed by atoms with E-state index in [4.69, 9.17) is 4.74 Å². The van der Waals surface area contributed by atoms with Crippen molar-refractivity contribution in [1.82, 2.24) is 10.6 Å². The average molecular weight is 290 g/mol. The van der Waals surface area contributed by atoms with Crippen molar-refractivity contribution >= 4 is 5.91 Å². The number of amides is 1. The molecule has 0 aliphatic carbocycles. The molecule has 2 N–H and O–H groups in total. The molecule has 21 heavy (non-hydrogen) atoms. The fourth-order valence-electron chi connectivity index (χ4n) is 2.81. The van der Waals surface area contributed by atoms with E-state index >= 15 is 0 Å². The van der Waals surface area contributed by atoms with Gasteiger partial charge in [-0.3, -0.25) is 4.79 Å². The molecule has 4 heteroatoms. The van der Waals surface area contributed by atoms with E-state index < -0.39 is 0 Å². The average Bonchev–Trinajstić information content (AvgIpc) is 2.95. The molecular weight excluding hydrogens is 264 g/mol. The van der Waals surface area contributed by atoms with Gasteiger partial charge in [0.15, 0.2) is 0 Å². The Morgan fingerprint density at radius 1 is 1.29 bits per heavy atom. The molecule has 116 valence electrons. The Bertz CT molecular complexity index is 447. The number of carbonyl (C=O) groups excluding carboxylic acids is 1. The van der Waals surface area contributed by atoms with Crippen molar-refractivity contribution in [2.24, 2.45) is 11.8 Å². The first-order chi connectivity index (χ1) is 10.1. The maximum Gasteiger partial charge on any atom is 0.227 e. The maximum absolute atomic E-state index is 12.5. The van der Waals surface area contributed by atoms with Gasteiger partial charge in [-0.2, -0.15) is 0 Å². The van der Waals surface area contributed by atoms with Gasteiger partial charge < -0.3 is 15.4 Å². The Labute approximate surface area is 127 Å². The van der Waals surface area contributed by atoms with Crippen LogP contribution in [0.3, 0.4) is 0 Å². The van der Waals surface area contributed by atoms with Crippen LogP contribution in [0, 0.1) is 11.8 Å². The van der Waals surface area contributed by atoms with E-state index in [1.807, 2.05) is 25.2 Å². The van der Waals surface area contributed by atoms with Crippen molar-refractivity contribution in [2.75, 3.05) is 20.3 Å². The Hall–Kier alpha value is -1.39. The molecule has 1 aromatic carbocycles. The monoisotopic (exact) mass is 290 g/mol. The molecule has 0 aromatic heterocycles. The lowest BCUT2D eigenvalue weighted by atomic mass is 9.95. The highest BCUT2D eigenvalue weighted by Gasteiger charge is 2.34. The molecule has 0 radical (unpaired) electrons. The fraction of sp³-hybridized carbons (Fsp3) is 0.588. The predicted molar refractivity (Wildman–Crippen MR) is 83.9 cm³/mol. The number of hydrogen-bond acceptors (Lipinski definition) is 3. The largest absolute Gasteiger partial charge is 0.379 e. The van der Waals surface area contributed by atoms with Gasteiger partial charge in [0.05, 0.1) is 25.2 Å². The quantitative estimate of drug-likeness (QED) is 0.844. The zero-order valence-electron chi connectivity index (χ0n) is 13.1. The van der Waals surface area contributed by atoms with Gasteiger partial charge in [-0.25, -0.2) is 0 Å². The van der Waals surface area contributed by atoms with E-state index in [1.165, 1.54) is 5.56 Å². The minimum atomic E-state index is -0.103. The molecule has 1 amide bonds. The van der Waals surface area contributed by atoms with E-state index in [2.05, 4.69) is 36.6 Å². The number of benzene rings is 1. The molecule has 1 aliphatic rings. The molecule has 0 spiro atoms. The second kappa shape index (κ2) is 7.57. The summed E-state index contributed by atoms with van der Waals surface area (Å²) in [5.74, 6) is 0.505. The van der Waals surface area contributed by atoms with E-state index in [1.54, 1.807) is 0 Å². The molecule has 1 aliphatic heterocycles. The number of hydrogen-bond donors (Lipinski definition) is 2. The summed E-state index contributed by atoms with van der Waals surface area (Å²) < 4.78 is 5.43. The van der Waals surface area contributed by atoms with E-state index in [0.29, 0.717) is 19.1 Å². The van der Waals surface area contributed by atoms with Crippen LogP contribution in [0.2, 0.25) is 0 Å². The number of carbonyl (C=O) groups is 1. The standard InChI is InChI=1S/C17H26N2O2/c1-12(2)9-15(13-7-5-4-6-8-13)19-17(20)14-10-21-11-16(14)18-3/h4-8,12,14-16,18H,9-11H2,1-3H3,(H,19,20). The van der Waals surface area contributed by atoms with Gasteiger partial charge in [-0.1, -0.05) is 44.2 Å².